The maximum absolute atomic E-state index is 9.94. The molecule has 1 aliphatic carbocycles. The van der Waals surface area contributed by atoms with Crippen molar-refractivity contribution in [3.05, 3.63) is 36.4 Å². The van der Waals surface area contributed by atoms with Gasteiger partial charge in [0, 0.05) is 15.5 Å². The summed E-state index contributed by atoms with van der Waals surface area (Å²) in [6.07, 6.45) is 8.20. The van der Waals surface area contributed by atoms with Gasteiger partial charge in [-0.25, -0.2) is 0 Å². The summed E-state index contributed by atoms with van der Waals surface area (Å²) < 4.78 is 0. The zero-order chi connectivity index (χ0) is 13.1. The Morgan fingerprint density at radius 3 is 2.26 bits per heavy atom. The van der Waals surface area contributed by atoms with Crippen LogP contribution >= 0.6 is 11.8 Å². The van der Waals surface area contributed by atoms with Gasteiger partial charge in [0.1, 0.15) is 5.75 Å². The minimum atomic E-state index is 0.390. The van der Waals surface area contributed by atoms with Gasteiger partial charge >= 0.3 is 0 Å². The van der Waals surface area contributed by atoms with E-state index in [0.29, 0.717) is 5.75 Å². The highest BCUT2D eigenvalue weighted by Crippen LogP contribution is 2.38. The van der Waals surface area contributed by atoms with Crippen LogP contribution in [0.2, 0.25) is 0 Å². The summed E-state index contributed by atoms with van der Waals surface area (Å²) in [6.45, 7) is 0. The molecule has 19 heavy (non-hydrogen) atoms. The smallest absolute Gasteiger partial charge is 0.123 e. The van der Waals surface area contributed by atoms with E-state index in [2.05, 4.69) is 18.2 Å². The fraction of sp³-hybridized carbons (Fsp3) is 0.412. The first-order chi connectivity index (χ1) is 9.34. The predicted octanol–water partition coefficient (Wildman–Crippen LogP) is 5.36. The van der Waals surface area contributed by atoms with E-state index in [1.807, 2.05) is 30.0 Å². The summed E-state index contributed by atoms with van der Waals surface area (Å²) in [6, 6.07) is 12.1. The molecular weight excluding hydrogens is 252 g/mol. The molecule has 0 radical (unpaired) electrons. The lowest BCUT2D eigenvalue weighted by atomic mass is 10.1. The van der Waals surface area contributed by atoms with Gasteiger partial charge < -0.3 is 5.11 Å². The van der Waals surface area contributed by atoms with Gasteiger partial charge in [-0.15, -0.1) is 11.8 Å². The summed E-state index contributed by atoms with van der Waals surface area (Å²) in [7, 11) is 0. The molecule has 1 aliphatic rings. The topological polar surface area (TPSA) is 20.2 Å². The number of hydrogen-bond donors (Lipinski definition) is 1. The summed E-state index contributed by atoms with van der Waals surface area (Å²) in [4.78, 5) is 1.32. The van der Waals surface area contributed by atoms with E-state index in [-0.39, 0.29) is 0 Å². The molecule has 1 N–H and O–H groups in total. The van der Waals surface area contributed by atoms with Crippen molar-refractivity contribution < 1.29 is 5.11 Å². The molecule has 0 spiro atoms. The largest absolute Gasteiger partial charge is 0.507 e. The molecule has 0 aromatic heterocycles. The lowest BCUT2D eigenvalue weighted by Gasteiger charge is -2.15. The highest BCUT2D eigenvalue weighted by molar-refractivity contribution is 8.00. The third-order valence-electron chi connectivity index (χ3n) is 3.96. The number of phenols is 1. The van der Waals surface area contributed by atoms with Gasteiger partial charge in [0.25, 0.3) is 0 Å². The number of benzene rings is 2. The lowest BCUT2D eigenvalue weighted by molar-refractivity contribution is 0.481. The second-order valence-electron chi connectivity index (χ2n) is 5.36. The van der Waals surface area contributed by atoms with Crippen LogP contribution in [0.15, 0.2) is 41.3 Å². The molecule has 1 saturated carbocycles. The Balaban J connectivity index is 1.90. The standard InChI is InChI=1S/C17H20OS/c18-16-11-12-17(15-10-6-5-9-14(15)16)19-13-7-3-1-2-4-8-13/h5-6,9-13,18H,1-4,7-8H2. The van der Waals surface area contributed by atoms with Gasteiger partial charge in [-0.1, -0.05) is 49.9 Å². The third kappa shape index (κ3) is 2.89. The number of aromatic hydroxyl groups is 1. The molecule has 0 aliphatic heterocycles. The number of hydrogen-bond acceptors (Lipinski definition) is 2. The van der Waals surface area contributed by atoms with E-state index in [0.717, 1.165) is 10.6 Å². The number of thioether (sulfide) groups is 1. The molecule has 1 fully saturated rings. The summed E-state index contributed by atoms with van der Waals surface area (Å²) >= 11 is 2.00. The molecule has 2 heteroatoms. The van der Waals surface area contributed by atoms with Crippen molar-refractivity contribution in [2.45, 2.75) is 48.7 Å². The molecule has 2 aromatic rings. The monoisotopic (exact) mass is 272 g/mol. The molecule has 0 saturated heterocycles. The van der Waals surface area contributed by atoms with Crippen LogP contribution < -0.4 is 0 Å². The SMILES string of the molecule is Oc1ccc(SC2CCCCCC2)c2ccccc12. The van der Waals surface area contributed by atoms with Crippen LogP contribution in [0.25, 0.3) is 10.8 Å². The van der Waals surface area contributed by atoms with E-state index in [1.54, 1.807) is 0 Å². The molecule has 0 atom stereocenters. The van der Waals surface area contributed by atoms with Crippen LogP contribution in [0.4, 0.5) is 0 Å². The number of fused-ring (bicyclic) bond motifs is 1. The van der Waals surface area contributed by atoms with Gasteiger partial charge in [0.05, 0.1) is 0 Å². The van der Waals surface area contributed by atoms with E-state index in [9.17, 15) is 5.11 Å². The molecule has 0 amide bonds. The normalized spacial score (nSPS) is 17.5. The highest BCUT2D eigenvalue weighted by Gasteiger charge is 2.15. The summed E-state index contributed by atoms with van der Waals surface area (Å²) in [5.41, 5.74) is 0. The minimum absolute atomic E-state index is 0.390. The van der Waals surface area contributed by atoms with Crippen LogP contribution in [0.1, 0.15) is 38.5 Å². The fourth-order valence-corrected chi connectivity index (χ4v) is 4.28. The Morgan fingerprint density at radius 2 is 1.53 bits per heavy atom. The first-order valence-corrected chi connectivity index (χ1v) is 8.10. The molecule has 1 nitrogen and oxygen atoms in total. The summed E-state index contributed by atoms with van der Waals surface area (Å²) in [5, 5.41) is 12.8. The van der Waals surface area contributed by atoms with Crippen molar-refractivity contribution >= 4 is 22.5 Å². The Hall–Kier alpha value is -1.15. The van der Waals surface area contributed by atoms with Crippen LogP contribution in [0.5, 0.6) is 5.75 Å². The van der Waals surface area contributed by atoms with Crippen molar-refractivity contribution in [2.24, 2.45) is 0 Å². The van der Waals surface area contributed by atoms with Gasteiger partial charge in [-0.3, -0.25) is 0 Å². The first kappa shape index (κ1) is 12.9. The first-order valence-electron chi connectivity index (χ1n) is 7.22. The maximum Gasteiger partial charge on any atom is 0.123 e. The van der Waals surface area contributed by atoms with Crippen LogP contribution in [0.3, 0.4) is 0 Å². The molecular formula is C17H20OS. The second kappa shape index (κ2) is 5.87. The molecule has 2 aromatic carbocycles. The molecule has 3 rings (SSSR count). The minimum Gasteiger partial charge on any atom is -0.507 e. The van der Waals surface area contributed by atoms with Crippen molar-refractivity contribution in [2.75, 3.05) is 0 Å². The number of rotatable bonds is 2. The van der Waals surface area contributed by atoms with Crippen molar-refractivity contribution in [1.29, 1.82) is 0 Å². The maximum atomic E-state index is 9.94. The molecule has 0 unspecified atom stereocenters. The Labute approximate surface area is 119 Å². The van der Waals surface area contributed by atoms with Gasteiger partial charge in [-0.2, -0.15) is 0 Å². The van der Waals surface area contributed by atoms with E-state index in [1.165, 1.54) is 48.8 Å². The molecule has 0 bridgehead atoms. The Bertz CT molecular complexity index is 556. The van der Waals surface area contributed by atoms with Gasteiger partial charge in [0.2, 0.25) is 0 Å². The Kier molecular flexibility index (Phi) is 3.97. The average molecular weight is 272 g/mol. The molecule has 100 valence electrons. The molecule has 0 heterocycles. The van der Waals surface area contributed by atoms with E-state index < -0.39 is 0 Å². The third-order valence-corrected chi connectivity index (χ3v) is 5.37. The fourth-order valence-electron chi connectivity index (χ4n) is 2.90. The highest BCUT2D eigenvalue weighted by atomic mass is 32.2. The summed E-state index contributed by atoms with van der Waals surface area (Å²) in [5.74, 6) is 0.390. The second-order valence-corrected chi connectivity index (χ2v) is 6.70. The van der Waals surface area contributed by atoms with Gasteiger partial charge in [0.15, 0.2) is 0 Å². The zero-order valence-corrected chi connectivity index (χ0v) is 12.0. The van der Waals surface area contributed by atoms with Crippen molar-refractivity contribution in [1.82, 2.24) is 0 Å². The average Bonchev–Trinajstić information content (AvgIpc) is 2.71. The van der Waals surface area contributed by atoms with Gasteiger partial charge in [-0.05, 0) is 30.4 Å². The van der Waals surface area contributed by atoms with Crippen LogP contribution in [-0.4, -0.2) is 10.4 Å². The predicted molar refractivity (Wildman–Crippen MR) is 83.0 cm³/mol. The zero-order valence-electron chi connectivity index (χ0n) is 11.1. The Morgan fingerprint density at radius 1 is 0.842 bits per heavy atom. The van der Waals surface area contributed by atoms with Crippen molar-refractivity contribution in [3.63, 3.8) is 0 Å². The van der Waals surface area contributed by atoms with Crippen LogP contribution in [-0.2, 0) is 0 Å². The van der Waals surface area contributed by atoms with Crippen LogP contribution in [0, 0.1) is 0 Å². The quantitative estimate of drug-likeness (QED) is 0.743. The van der Waals surface area contributed by atoms with E-state index >= 15 is 0 Å². The number of phenolic OH excluding ortho intramolecular Hbond substituents is 1. The van der Waals surface area contributed by atoms with Crippen molar-refractivity contribution in [3.8, 4) is 5.75 Å². The lowest BCUT2D eigenvalue weighted by Crippen LogP contribution is -1.99. The van der Waals surface area contributed by atoms with E-state index in [4.69, 9.17) is 0 Å².